The molecular formula is C16H20N4O4S2. The van der Waals surface area contributed by atoms with Crippen LogP contribution in [0.2, 0.25) is 0 Å². The Morgan fingerprint density at radius 3 is 2.65 bits per heavy atom. The third kappa shape index (κ3) is 5.36. The average molecular weight is 396 g/mol. The number of benzene rings is 1. The van der Waals surface area contributed by atoms with Gasteiger partial charge >= 0.3 is 0 Å². The molecule has 5 N–H and O–H groups in total. The summed E-state index contributed by atoms with van der Waals surface area (Å²) < 4.78 is 26.6. The topological polar surface area (TPSA) is 130 Å². The van der Waals surface area contributed by atoms with Crippen molar-refractivity contribution in [3.8, 4) is 0 Å². The fourth-order valence-electron chi connectivity index (χ4n) is 2.01. The van der Waals surface area contributed by atoms with Gasteiger partial charge in [-0.05, 0) is 36.6 Å². The minimum absolute atomic E-state index is 0.0130. The Balaban J connectivity index is 2.02. The summed E-state index contributed by atoms with van der Waals surface area (Å²) in [6.45, 7) is 1.84. The minimum Gasteiger partial charge on any atom is -0.340 e. The van der Waals surface area contributed by atoms with Crippen LogP contribution in [0.25, 0.3) is 0 Å². The highest BCUT2D eigenvalue weighted by atomic mass is 32.2. The first-order valence-electron chi connectivity index (χ1n) is 7.78. The van der Waals surface area contributed by atoms with E-state index in [0.717, 1.165) is 0 Å². The molecule has 0 aliphatic carbocycles. The molecule has 0 bridgehead atoms. The van der Waals surface area contributed by atoms with Crippen LogP contribution in [0.5, 0.6) is 0 Å². The Hall–Kier alpha value is -2.27. The van der Waals surface area contributed by atoms with Crippen LogP contribution >= 0.6 is 11.3 Å². The third-order valence-electron chi connectivity index (χ3n) is 3.33. The summed E-state index contributed by atoms with van der Waals surface area (Å²) in [6, 6.07) is 8.44. The number of hydrogen-bond donors (Lipinski definition) is 4. The zero-order valence-electron chi connectivity index (χ0n) is 14.1. The third-order valence-corrected chi connectivity index (χ3v) is 5.66. The summed E-state index contributed by atoms with van der Waals surface area (Å²) in [5, 5.41) is 6.95. The van der Waals surface area contributed by atoms with Crippen LogP contribution in [0, 0.1) is 0 Å². The van der Waals surface area contributed by atoms with Crippen molar-refractivity contribution < 1.29 is 18.0 Å². The molecule has 10 heteroatoms. The second-order valence-corrected chi connectivity index (χ2v) is 8.09. The van der Waals surface area contributed by atoms with Crippen LogP contribution in [0.15, 0.2) is 46.7 Å². The number of rotatable bonds is 8. The molecule has 2 rings (SSSR count). The van der Waals surface area contributed by atoms with Gasteiger partial charge in [0.05, 0.1) is 9.77 Å². The maximum absolute atomic E-state index is 12.2. The van der Waals surface area contributed by atoms with Crippen molar-refractivity contribution in [3.63, 3.8) is 0 Å². The van der Waals surface area contributed by atoms with E-state index in [0.29, 0.717) is 10.6 Å². The van der Waals surface area contributed by atoms with Gasteiger partial charge in [0.1, 0.15) is 6.04 Å². The lowest BCUT2D eigenvalue weighted by Crippen LogP contribution is -2.41. The molecule has 2 amide bonds. The number of anilines is 1. The normalized spacial score (nSPS) is 12.4. The summed E-state index contributed by atoms with van der Waals surface area (Å²) in [5.74, 6) is -0.802. The maximum atomic E-state index is 12.2. The van der Waals surface area contributed by atoms with E-state index in [1.54, 1.807) is 30.5 Å². The zero-order valence-corrected chi connectivity index (χ0v) is 15.7. The van der Waals surface area contributed by atoms with Gasteiger partial charge < -0.3 is 16.4 Å². The van der Waals surface area contributed by atoms with Gasteiger partial charge in [0.2, 0.25) is 15.9 Å². The molecule has 8 nitrogen and oxygen atoms in total. The first-order valence-corrected chi connectivity index (χ1v) is 10.1. The molecule has 1 atom stereocenters. The van der Waals surface area contributed by atoms with Gasteiger partial charge in [-0.1, -0.05) is 12.1 Å². The van der Waals surface area contributed by atoms with Gasteiger partial charge in [-0.3, -0.25) is 9.59 Å². The molecule has 0 saturated heterocycles. The average Bonchev–Trinajstić information content (AvgIpc) is 3.15. The highest BCUT2D eigenvalue weighted by molar-refractivity contribution is 7.89. The molecule has 0 spiro atoms. The molecular weight excluding hydrogens is 376 g/mol. The van der Waals surface area contributed by atoms with E-state index in [4.69, 9.17) is 5.73 Å². The zero-order chi connectivity index (χ0) is 19.2. The van der Waals surface area contributed by atoms with Crippen molar-refractivity contribution in [1.82, 2.24) is 10.0 Å². The monoisotopic (exact) mass is 396 g/mol. The molecule has 0 aliphatic rings. The number of amides is 2. The van der Waals surface area contributed by atoms with Crippen LogP contribution in [0.3, 0.4) is 0 Å². The number of carbonyl (C=O) groups excluding carboxylic acids is 2. The molecule has 1 aromatic heterocycles. The second kappa shape index (κ2) is 8.90. The van der Waals surface area contributed by atoms with Crippen molar-refractivity contribution in [2.45, 2.75) is 17.9 Å². The lowest BCUT2D eigenvalue weighted by atomic mass is 10.2. The van der Waals surface area contributed by atoms with Gasteiger partial charge in [0.15, 0.2) is 0 Å². The van der Waals surface area contributed by atoms with Crippen molar-refractivity contribution >= 4 is 38.9 Å². The largest absolute Gasteiger partial charge is 0.340 e. The molecule has 0 radical (unpaired) electrons. The summed E-state index contributed by atoms with van der Waals surface area (Å²) in [5.41, 5.74) is 5.61. The van der Waals surface area contributed by atoms with Crippen molar-refractivity contribution in [2.75, 3.05) is 18.4 Å². The van der Waals surface area contributed by atoms with Gasteiger partial charge in [0.25, 0.3) is 5.91 Å². The molecule has 0 aliphatic heterocycles. The van der Waals surface area contributed by atoms with E-state index in [9.17, 15) is 18.0 Å². The highest BCUT2D eigenvalue weighted by Crippen LogP contribution is 2.15. The predicted molar refractivity (Wildman–Crippen MR) is 101 cm³/mol. The van der Waals surface area contributed by atoms with Crippen LogP contribution in [-0.4, -0.2) is 39.4 Å². The van der Waals surface area contributed by atoms with Crippen molar-refractivity contribution in [1.29, 1.82) is 0 Å². The Morgan fingerprint density at radius 1 is 1.23 bits per heavy atom. The molecule has 0 saturated carbocycles. The number of nitrogens with two attached hydrogens (primary N) is 1. The quantitative estimate of drug-likeness (QED) is 0.523. The summed E-state index contributed by atoms with van der Waals surface area (Å²) in [4.78, 5) is 24.7. The first-order chi connectivity index (χ1) is 12.3. The van der Waals surface area contributed by atoms with Crippen molar-refractivity contribution in [2.24, 2.45) is 5.73 Å². The standard InChI is InChI=1S/C16H20N4O4S2/c1-11(19-16(22)14-6-3-9-25-14)15(21)20-12-4-2-5-13(10-12)26(23,24)18-8-7-17/h2-6,9-11,18H,7-8,17H2,1H3,(H,19,22)(H,20,21). The predicted octanol–water partition coefficient (Wildman–Crippen LogP) is 0.742. The Kier molecular flexibility index (Phi) is 6.86. The molecule has 1 unspecified atom stereocenters. The Labute approximate surface area is 155 Å². The number of thiophene rings is 1. The number of carbonyl (C=O) groups is 2. The molecule has 140 valence electrons. The second-order valence-electron chi connectivity index (χ2n) is 5.38. The number of sulfonamides is 1. The summed E-state index contributed by atoms with van der Waals surface area (Å²) >= 11 is 1.27. The van der Waals surface area contributed by atoms with E-state index in [1.807, 2.05) is 0 Å². The Bertz CT molecular complexity index is 866. The van der Waals surface area contributed by atoms with Gasteiger partial charge in [-0.25, -0.2) is 13.1 Å². The van der Waals surface area contributed by atoms with Gasteiger partial charge in [-0.15, -0.1) is 11.3 Å². The summed E-state index contributed by atoms with van der Waals surface area (Å²) in [7, 11) is -3.70. The van der Waals surface area contributed by atoms with Crippen LogP contribution in [0.1, 0.15) is 16.6 Å². The molecule has 0 fully saturated rings. The fourth-order valence-corrected chi connectivity index (χ4v) is 3.73. The molecule has 1 aromatic carbocycles. The maximum Gasteiger partial charge on any atom is 0.261 e. The van der Waals surface area contributed by atoms with E-state index < -0.39 is 22.0 Å². The van der Waals surface area contributed by atoms with Crippen molar-refractivity contribution in [3.05, 3.63) is 46.7 Å². The fraction of sp³-hybridized carbons (Fsp3) is 0.250. The molecule has 1 heterocycles. The molecule has 2 aromatic rings. The van der Waals surface area contributed by atoms with Crippen LogP contribution in [-0.2, 0) is 14.8 Å². The lowest BCUT2D eigenvalue weighted by Gasteiger charge is -2.14. The minimum atomic E-state index is -3.70. The van der Waals surface area contributed by atoms with E-state index >= 15 is 0 Å². The van der Waals surface area contributed by atoms with E-state index in [-0.39, 0.29) is 23.9 Å². The Morgan fingerprint density at radius 2 is 2.00 bits per heavy atom. The smallest absolute Gasteiger partial charge is 0.261 e. The van der Waals surface area contributed by atoms with E-state index in [2.05, 4.69) is 15.4 Å². The number of hydrogen-bond acceptors (Lipinski definition) is 6. The van der Waals surface area contributed by atoms with E-state index in [1.165, 1.54) is 29.5 Å². The highest BCUT2D eigenvalue weighted by Gasteiger charge is 2.18. The SMILES string of the molecule is CC(NC(=O)c1cccs1)C(=O)Nc1cccc(S(=O)(=O)NCCN)c1. The molecule has 26 heavy (non-hydrogen) atoms. The first kappa shape index (κ1) is 20.0. The van der Waals surface area contributed by atoms with Gasteiger partial charge in [-0.2, -0.15) is 0 Å². The van der Waals surface area contributed by atoms with Crippen LogP contribution in [0.4, 0.5) is 5.69 Å². The van der Waals surface area contributed by atoms with Gasteiger partial charge in [0, 0.05) is 18.8 Å². The lowest BCUT2D eigenvalue weighted by molar-refractivity contribution is -0.117. The number of nitrogens with one attached hydrogen (secondary N) is 3. The van der Waals surface area contributed by atoms with Crippen LogP contribution < -0.4 is 21.1 Å². The summed E-state index contributed by atoms with van der Waals surface area (Å²) in [6.07, 6.45) is 0.